The van der Waals surface area contributed by atoms with Crippen LogP contribution < -0.4 is 0 Å². The molecule has 2 rings (SSSR count). The van der Waals surface area contributed by atoms with Gasteiger partial charge in [0.1, 0.15) is 11.6 Å². The Bertz CT molecular complexity index is 677. The molecule has 0 fully saturated rings. The van der Waals surface area contributed by atoms with Crippen molar-refractivity contribution in [3.8, 4) is 0 Å². The van der Waals surface area contributed by atoms with E-state index in [4.69, 9.17) is 0 Å². The van der Waals surface area contributed by atoms with E-state index in [1.165, 1.54) is 24.3 Å². The largest absolute Gasteiger partial charge is 0.229 e. The van der Waals surface area contributed by atoms with Gasteiger partial charge in [0.2, 0.25) is 0 Å². The smallest absolute Gasteiger partial charge is 0.151 e. The fourth-order valence-electron chi connectivity index (χ4n) is 2.48. The normalized spacial score (nSPS) is 11.8. The maximum Gasteiger partial charge on any atom is 0.151 e. The molecule has 2 aromatic rings. The maximum absolute atomic E-state index is 13.1. The number of benzene rings is 2. The summed E-state index contributed by atoms with van der Waals surface area (Å²) in [6.07, 6.45) is 1.42. The van der Waals surface area contributed by atoms with Gasteiger partial charge in [-0.1, -0.05) is 37.6 Å². The summed E-state index contributed by atoms with van der Waals surface area (Å²) in [7, 11) is -3.25. The topological polar surface area (TPSA) is 34.1 Å². The molecule has 0 aliphatic rings. The van der Waals surface area contributed by atoms with Crippen LogP contribution in [-0.4, -0.2) is 19.9 Å². The van der Waals surface area contributed by atoms with Gasteiger partial charge < -0.3 is 0 Å². The molecule has 0 unspecified atom stereocenters. The van der Waals surface area contributed by atoms with Gasteiger partial charge in [0.25, 0.3) is 0 Å². The van der Waals surface area contributed by atoms with Crippen LogP contribution in [0.15, 0.2) is 48.5 Å². The molecule has 124 valence electrons. The van der Waals surface area contributed by atoms with E-state index in [9.17, 15) is 17.2 Å². The minimum absolute atomic E-state index is 0.0652. The summed E-state index contributed by atoms with van der Waals surface area (Å²) in [6, 6.07) is 11.6. The maximum atomic E-state index is 13.1. The van der Waals surface area contributed by atoms with Crippen LogP contribution in [0.1, 0.15) is 36.8 Å². The summed E-state index contributed by atoms with van der Waals surface area (Å²) in [6.45, 7) is 1.94. The van der Waals surface area contributed by atoms with Gasteiger partial charge in [-0.3, -0.25) is 0 Å². The molecule has 0 radical (unpaired) electrons. The third-order valence-corrected chi connectivity index (χ3v) is 5.53. The first-order valence-electron chi connectivity index (χ1n) is 7.62. The number of hydrogen-bond acceptors (Lipinski definition) is 2. The van der Waals surface area contributed by atoms with E-state index in [-0.39, 0.29) is 23.1 Å². The van der Waals surface area contributed by atoms with Crippen LogP contribution in [0.5, 0.6) is 0 Å². The Morgan fingerprint density at radius 2 is 1.30 bits per heavy atom. The Labute approximate surface area is 136 Å². The molecule has 0 saturated heterocycles. The minimum atomic E-state index is -3.25. The van der Waals surface area contributed by atoms with Crippen LogP contribution in [0.4, 0.5) is 8.78 Å². The molecule has 0 heterocycles. The molecule has 5 heteroatoms. The number of halogens is 2. The monoisotopic (exact) mass is 338 g/mol. The van der Waals surface area contributed by atoms with Gasteiger partial charge in [-0.05, 0) is 41.8 Å². The van der Waals surface area contributed by atoms with Crippen LogP contribution in [0.3, 0.4) is 0 Å². The molecule has 0 N–H and O–H groups in total. The highest BCUT2D eigenvalue weighted by Crippen LogP contribution is 2.27. The fraction of sp³-hybridized carbons (Fsp3) is 0.333. The quantitative estimate of drug-likeness (QED) is 0.754. The molecule has 2 aromatic carbocycles. The van der Waals surface area contributed by atoms with Crippen molar-refractivity contribution in [2.45, 2.75) is 25.7 Å². The fourth-order valence-corrected chi connectivity index (χ4v) is 4.26. The second-order valence-electron chi connectivity index (χ2n) is 5.62. The molecular weight excluding hydrogens is 318 g/mol. The van der Waals surface area contributed by atoms with E-state index in [2.05, 4.69) is 0 Å². The zero-order valence-corrected chi connectivity index (χ0v) is 13.8. The highest BCUT2D eigenvalue weighted by atomic mass is 32.2. The Morgan fingerprint density at radius 3 is 1.70 bits per heavy atom. The van der Waals surface area contributed by atoms with Crippen LogP contribution in [-0.2, 0) is 9.84 Å². The van der Waals surface area contributed by atoms with Crippen molar-refractivity contribution in [3.05, 3.63) is 71.3 Å². The Morgan fingerprint density at radius 1 is 0.870 bits per heavy atom. The molecule has 0 spiro atoms. The second-order valence-corrected chi connectivity index (χ2v) is 7.85. The van der Waals surface area contributed by atoms with Crippen molar-refractivity contribution >= 4 is 9.84 Å². The number of unbranched alkanes of at least 4 members (excludes halogenated alkanes) is 1. The van der Waals surface area contributed by atoms with Gasteiger partial charge >= 0.3 is 0 Å². The van der Waals surface area contributed by atoms with Crippen molar-refractivity contribution < 1.29 is 17.2 Å². The molecule has 0 atom stereocenters. The minimum Gasteiger partial charge on any atom is -0.229 e. The average molecular weight is 338 g/mol. The first kappa shape index (κ1) is 17.6. The predicted octanol–water partition coefficient (Wildman–Crippen LogP) is 4.31. The van der Waals surface area contributed by atoms with Crippen LogP contribution in [0.25, 0.3) is 0 Å². The first-order valence-corrected chi connectivity index (χ1v) is 9.45. The van der Waals surface area contributed by atoms with E-state index in [0.717, 1.165) is 6.42 Å². The van der Waals surface area contributed by atoms with Crippen molar-refractivity contribution in [3.63, 3.8) is 0 Å². The lowest BCUT2D eigenvalue weighted by molar-refractivity contribution is 0.588. The average Bonchev–Trinajstić information content (AvgIpc) is 2.53. The van der Waals surface area contributed by atoms with E-state index >= 15 is 0 Å². The first-order chi connectivity index (χ1) is 10.9. The van der Waals surface area contributed by atoms with Gasteiger partial charge in [0, 0.05) is 5.92 Å². The lowest BCUT2D eigenvalue weighted by Crippen LogP contribution is -2.19. The van der Waals surface area contributed by atoms with Crippen molar-refractivity contribution in [1.29, 1.82) is 0 Å². The number of sulfone groups is 1. The highest BCUT2D eigenvalue weighted by Gasteiger charge is 2.22. The third kappa shape index (κ3) is 5.13. The van der Waals surface area contributed by atoms with Crippen molar-refractivity contribution in [2.75, 3.05) is 11.5 Å². The van der Waals surface area contributed by atoms with Crippen LogP contribution in [0, 0.1) is 11.6 Å². The molecule has 23 heavy (non-hydrogen) atoms. The molecule has 0 saturated carbocycles. The van der Waals surface area contributed by atoms with Gasteiger partial charge in [-0.2, -0.15) is 0 Å². The summed E-state index contributed by atoms with van der Waals surface area (Å²) in [5, 5.41) is 0. The molecule has 0 aromatic heterocycles. The second kappa shape index (κ2) is 7.68. The molecule has 0 bridgehead atoms. The Hall–Kier alpha value is -1.75. The summed E-state index contributed by atoms with van der Waals surface area (Å²) >= 11 is 0. The Kier molecular flexibility index (Phi) is 5.88. The van der Waals surface area contributed by atoms with Crippen LogP contribution >= 0.6 is 0 Å². The standard InChI is InChI=1S/C18H20F2O2S/c1-2-3-12-23(21,22)13-18(14-4-8-16(19)9-5-14)15-6-10-17(20)11-7-15/h4-11,18H,2-3,12-13H2,1H3. The van der Waals surface area contributed by atoms with Gasteiger partial charge in [-0.15, -0.1) is 0 Å². The molecule has 0 aliphatic carbocycles. The summed E-state index contributed by atoms with van der Waals surface area (Å²) in [4.78, 5) is 0. The zero-order chi connectivity index (χ0) is 16.9. The lowest BCUT2D eigenvalue weighted by Gasteiger charge is -2.18. The van der Waals surface area contributed by atoms with Gasteiger partial charge in [0.15, 0.2) is 9.84 Å². The molecule has 0 amide bonds. The SMILES string of the molecule is CCCCS(=O)(=O)CC(c1ccc(F)cc1)c1ccc(F)cc1. The van der Waals surface area contributed by atoms with Crippen molar-refractivity contribution in [2.24, 2.45) is 0 Å². The number of rotatable bonds is 7. The van der Waals surface area contributed by atoms with E-state index in [1.807, 2.05) is 6.92 Å². The summed E-state index contributed by atoms with van der Waals surface area (Å²) in [5.74, 6) is -1.12. The molecule has 0 aliphatic heterocycles. The lowest BCUT2D eigenvalue weighted by atomic mass is 9.93. The third-order valence-electron chi connectivity index (χ3n) is 3.77. The highest BCUT2D eigenvalue weighted by molar-refractivity contribution is 7.91. The van der Waals surface area contributed by atoms with Gasteiger partial charge in [-0.25, -0.2) is 17.2 Å². The van der Waals surface area contributed by atoms with E-state index in [1.54, 1.807) is 24.3 Å². The van der Waals surface area contributed by atoms with E-state index in [0.29, 0.717) is 17.5 Å². The molecule has 2 nitrogen and oxygen atoms in total. The summed E-state index contributed by atoms with van der Waals surface area (Å²) < 4.78 is 50.9. The van der Waals surface area contributed by atoms with Crippen molar-refractivity contribution in [1.82, 2.24) is 0 Å². The zero-order valence-electron chi connectivity index (χ0n) is 13.0. The molecular formula is C18H20F2O2S. The van der Waals surface area contributed by atoms with E-state index < -0.39 is 15.8 Å². The summed E-state index contributed by atoms with van der Waals surface area (Å²) in [5.41, 5.74) is 1.41. The van der Waals surface area contributed by atoms with Crippen LogP contribution in [0.2, 0.25) is 0 Å². The van der Waals surface area contributed by atoms with Gasteiger partial charge in [0.05, 0.1) is 11.5 Å². The Balaban J connectivity index is 2.35. The predicted molar refractivity (Wildman–Crippen MR) is 88.2 cm³/mol. The number of hydrogen-bond donors (Lipinski definition) is 0.